The minimum Gasteiger partial charge on any atom is -0.317 e. The Morgan fingerprint density at radius 1 is 0.464 bits per heavy atom. The van der Waals surface area contributed by atoms with Gasteiger partial charge in [0.1, 0.15) is 0 Å². The largest absolute Gasteiger partial charge is 0.317 e. The predicted octanol–water partition coefficient (Wildman–Crippen LogP) is 10.8. The van der Waals surface area contributed by atoms with E-state index in [1.165, 1.54) is 0 Å². The molecule has 6 nitrogen and oxygen atoms in total. The zero-order valence-electron chi connectivity index (χ0n) is 33.7. The third kappa shape index (κ3) is 5.99. The molecule has 286 valence electrons. The number of nitrogens with zero attached hydrogens (tertiary/aromatic N) is 2. The highest BCUT2D eigenvalue weighted by Gasteiger charge is 2.49. The number of carbonyl (C=O) groups excluding carboxylic acids is 4. The van der Waals surface area contributed by atoms with E-state index in [2.05, 4.69) is 118 Å². The van der Waals surface area contributed by atoms with Gasteiger partial charge in [0.2, 0.25) is 0 Å². The lowest BCUT2D eigenvalue weighted by molar-refractivity contribution is -0.120. The number of ketones is 4. The molecule has 2 heterocycles. The van der Waals surface area contributed by atoms with Crippen molar-refractivity contribution in [1.29, 1.82) is 0 Å². The molecule has 2 atom stereocenters. The van der Waals surface area contributed by atoms with Gasteiger partial charge < -0.3 is 9.80 Å². The summed E-state index contributed by atoms with van der Waals surface area (Å²) >= 11 is 0. The number of allylic oxidation sites excluding steroid dienone is 8. The average Bonchev–Trinajstić information content (AvgIpc) is 3.13. The summed E-state index contributed by atoms with van der Waals surface area (Å²) in [7, 11) is 0. The van der Waals surface area contributed by atoms with E-state index in [1.54, 1.807) is 0 Å². The monoisotopic (exact) mass is 744 g/mol. The summed E-state index contributed by atoms with van der Waals surface area (Å²) in [6.07, 6.45) is 6.16. The summed E-state index contributed by atoms with van der Waals surface area (Å²) in [5, 5.41) is 0. The summed E-state index contributed by atoms with van der Waals surface area (Å²) in [5.41, 5.74) is 12.4. The Morgan fingerprint density at radius 2 is 0.839 bits per heavy atom. The minimum atomic E-state index is -0.518. The van der Waals surface area contributed by atoms with Crippen LogP contribution in [0.15, 0.2) is 118 Å². The summed E-state index contributed by atoms with van der Waals surface area (Å²) in [4.78, 5) is 62.4. The molecule has 2 aliphatic heterocycles. The van der Waals surface area contributed by atoms with Gasteiger partial charge in [-0.15, -0.1) is 0 Å². The van der Waals surface area contributed by atoms with Crippen LogP contribution < -0.4 is 9.80 Å². The van der Waals surface area contributed by atoms with E-state index < -0.39 is 11.8 Å². The molecule has 6 heteroatoms. The maximum absolute atomic E-state index is 14.6. The topological polar surface area (TPSA) is 74.8 Å². The van der Waals surface area contributed by atoms with Gasteiger partial charge in [0.15, 0.2) is 23.1 Å². The lowest BCUT2D eigenvalue weighted by atomic mass is 9.64. The van der Waals surface area contributed by atoms with Gasteiger partial charge in [0.05, 0.1) is 0 Å². The molecule has 2 unspecified atom stereocenters. The first-order chi connectivity index (χ1) is 26.7. The zero-order valence-corrected chi connectivity index (χ0v) is 33.7. The molecule has 0 saturated heterocycles. The maximum Gasteiger partial charge on any atom is 0.162 e. The third-order valence-corrected chi connectivity index (χ3v) is 13.0. The SMILES string of the molecule is Cc1ccc(N2C3=C(C(=O)CCC3)C(c3cccc(C4C5=C(CCCC5=O)N(c5ccc(C)cc5)C5=C4C(=O)CC(C)(C)C5)c3)C3=C2CC(C)(C)CC3=O)cc1. The highest BCUT2D eigenvalue weighted by molar-refractivity contribution is 6.09. The van der Waals surface area contributed by atoms with Crippen LogP contribution in [-0.4, -0.2) is 23.1 Å². The van der Waals surface area contributed by atoms with Crippen molar-refractivity contribution in [3.63, 3.8) is 0 Å². The lowest BCUT2D eigenvalue weighted by Crippen LogP contribution is -2.43. The van der Waals surface area contributed by atoms with Crippen molar-refractivity contribution in [3.8, 4) is 0 Å². The van der Waals surface area contributed by atoms with Gasteiger partial charge in [0, 0.05) is 94.0 Å². The van der Waals surface area contributed by atoms with Crippen LogP contribution in [-0.2, 0) is 19.2 Å². The smallest absolute Gasteiger partial charge is 0.162 e. The predicted molar refractivity (Wildman–Crippen MR) is 221 cm³/mol. The van der Waals surface area contributed by atoms with Crippen LogP contribution in [0.4, 0.5) is 11.4 Å². The Morgan fingerprint density at radius 3 is 1.23 bits per heavy atom. The van der Waals surface area contributed by atoms with Crippen molar-refractivity contribution in [2.75, 3.05) is 9.80 Å². The molecule has 9 rings (SSSR count). The highest BCUT2D eigenvalue weighted by Crippen LogP contribution is 2.56. The third-order valence-electron chi connectivity index (χ3n) is 13.0. The Bertz CT molecular complexity index is 2200. The number of hydrogen-bond donors (Lipinski definition) is 0. The lowest BCUT2D eigenvalue weighted by Gasteiger charge is -2.47. The number of rotatable bonds is 4. The average molecular weight is 745 g/mol. The summed E-state index contributed by atoms with van der Waals surface area (Å²) in [6, 6.07) is 25.1. The Labute approximate surface area is 331 Å². The van der Waals surface area contributed by atoms with E-state index in [0.717, 1.165) is 93.2 Å². The van der Waals surface area contributed by atoms with Gasteiger partial charge in [0.25, 0.3) is 0 Å². The fourth-order valence-electron chi connectivity index (χ4n) is 10.7. The standard InChI is InChI=1S/C50H52N2O4/c1-29-16-20-33(21-17-29)51-35-12-8-14-39(53)45(35)43(47-37(51)25-49(3,4)27-41(47)55)31-10-7-11-32(24-31)44-46-36(13-9-15-40(46)54)52(34-22-18-30(2)19-23-34)38-26-50(5,6)28-42(56)48(38)44/h7,10-11,16-24,43-44H,8-9,12-15,25-28H2,1-6H3. The second-order valence-electron chi connectivity index (χ2n) is 18.8. The second-order valence-corrected chi connectivity index (χ2v) is 18.8. The zero-order chi connectivity index (χ0) is 39.3. The van der Waals surface area contributed by atoms with E-state index in [-0.39, 0.29) is 34.0 Å². The van der Waals surface area contributed by atoms with Crippen LogP contribution in [0.2, 0.25) is 0 Å². The van der Waals surface area contributed by atoms with Crippen molar-refractivity contribution in [3.05, 3.63) is 140 Å². The Hall–Kier alpha value is -5.10. The number of Topliss-reactive ketones (excluding diaryl/α,β-unsaturated/α-hetero) is 4. The molecule has 0 fully saturated rings. The molecule has 6 aliphatic rings. The first kappa shape index (κ1) is 36.5. The molecule has 56 heavy (non-hydrogen) atoms. The molecular weight excluding hydrogens is 693 g/mol. The second kappa shape index (κ2) is 13.2. The van der Waals surface area contributed by atoms with Gasteiger partial charge in [-0.2, -0.15) is 0 Å². The number of hydrogen-bond acceptors (Lipinski definition) is 6. The molecule has 0 N–H and O–H groups in total. The number of carbonyl (C=O) groups is 4. The fourth-order valence-corrected chi connectivity index (χ4v) is 10.7. The molecule has 0 aromatic heterocycles. The van der Waals surface area contributed by atoms with Crippen molar-refractivity contribution in [1.82, 2.24) is 0 Å². The van der Waals surface area contributed by atoms with Crippen LogP contribution in [0.3, 0.4) is 0 Å². The van der Waals surface area contributed by atoms with Gasteiger partial charge in [-0.1, -0.05) is 87.4 Å². The molecule has 0 saturated carbocycles. The van der Waals surface area contributed by atoms with Crippen molar-refractivity contribution in [2.45, 2.75) is 118 Å². The number of anilines is 2. The van der Waals surface area contributed by atoms with E-state index in [9.17, 15) is 19.2 Å². The van der Waals surface area contributed by atoms with Crippen LogP contribution in [0.1, 0.15) is 126 Å². The summed E-state index contributed by atoms with van der Waals surface area (Å²) in [6.45, 7) is 12.8. The maximum atomic E-state index is 14.6. The molecule has 3 aromatic carbocycles. The highest BCUT2D eigenvalue weighted by atomic mass is 16.1. The van der Waals surface area contributed by atoms with Crippen LogP contribution in [0, 0.1) is 24.7 Å². The normalized spacial score (nSPS) is 24.7. The fraction of sp³-hybridized carbons (Fsp3) is 0.400. The molecule has 0 radical (unpaired) electrons. The first-order valence-electron chi connectivity index (χ1n) is 20.6. The first-order valence-corrected chi connectivity index (χ1v) is 20.6. The number of benzene rings is 3. The molecule has 0 spiro atoms. The van der Waals surface area contributed by atoms with Crippen molar-refractivity contribution >= 4 is 34.5 Å². The van der Waals surface area contributed by atoms with Crippen LogP contribution in [0.5, 0.6) is 0 Å². The van der Waals surface area contributed by atoms with Crippen LogP contribution >= 0.6 is 0 Å². The van der Waals surface area contributed by atoms with Crippen molar-refractivity contribution in [2.24, 2.45) is 10.8 Å². The van der Waals surface area contributed by atoms with E-state index in [0.29, 0.717) is 49.7 Å². The van der Waals surface area contributed by atoms with E-state index in [1.807, 2.05) is 6.07 Å². The summed E-state index contributed by atoms with van der Waals surface area (Å²) in [5.74, 6) is -0.677. The van der Waals surface area contributed by atoms with Gasteiger partial charge >= 0.3 is 0 Å². The van der Waals surface area contributed by atoms with Gasteiger partial charge in [-0.25, -0.2) is 0 Å². The Kier molecular flexibility index (Phi) is 8.64. The van der Waals surface area contributed by atoms with Gasteiger partial charge in [-0.3, -0.25) is 19.2 Å². The molecule has 4 aliphatic carbocycles. The summed E-state index contributed by atoms with van der Waals surface area (Å²) < 4.78 is 0. The Balaban J connectivity index is 1.26. The van der Waals surface area contributed by atoms with Crippen LogP contribution in [0.25, 0.3) is 0 Å². The molecule has 0 amide bonds. The molecule has 3 aromatic rings. The van der Waals surface area contributed by atoms with Crippen molar-refractivity contribution < 1.29 is 19.2 Å². The van der Waals surface area contributed by atoms with E-state index in [4.69, 9.17) is 0 Å². The van der Waals surface area contributed by atoms with E-state index >= 15 is 0 Å². The number of aryl methyl sites for hydroxylation is 2. The molecular formula is C50H52N2O4. The molecule has 0 bridgehead atoms. The van der Waals surface area contributed by atoms with Gasteiger partial charge in [-0.05, 0) is 98.6 Å². The minimum absolute atomic E-state index is 0.0854. The quantitative estimate of drug-likeness (QED) is 0.265.